The van der Waals surface area contributed by atoms with Gasteiger partial charge in [-0.3, -0.25) is 0 Å². The van der Waals surface area contributed by atoms with Crippen LogP contribution in [0.2, 0.25) is 0 Å². The van der Waals surface area contributed by atoms with E-state index in [2.05, 4.69) is 0 Å². The molecule has 5 heteroatoms. The van der Waals surface area contributed by atoms with Crippen LogP contribution in [0.15, 0.2) is 0 Å². The maximum Gasteiger partial charge on any atom is 0.531 e. The molecule has 1 aliphatic heterocycles. The Balaban J connectivity index is 2.32. The number of quaternary nitrogens is 1. The van der Waals surface area contributed by atoms with Crippen LogP contribution < -0.4 is 4.90 Å². The third-order valence-electron chi connectivity index (χ3n) is 2.38. The molecule has 1 rings (SSSR count). The molecule has 0 aromatic heterocycles. The van der Waals surface area contributed by atoms with Crippen LogP contribution in [0.25, 0.3) is 0 Å². The highest BCUT2D eigenvalue weighted by Crippen LogP contribution is 2.08. The number of likely N-dealkylation sites (tertiary alicyclic amines) is 1. The largest absolute Gasteiger partial charge is 0.531 e. The fourth-order valence-corrected chi connectivity index (χ4v) is 1.91. The van der Waals surface area contributed by atoms with Gasteiger partial charge in [0.1, 0.15) is 0 Å². The van der Waals surface area contributed by atoms with Gasteiger partial charge in [0.25, 0.3) is 0 Å². The SMILES string of the molecule is C[C@H]1CCC[NH+](C[B-](F)(F)F)C1. The summed E-state index contributed by atoms with van der Waals surface area (Å²) in [6.07, 6.45) is 1.45. The van der Waals surface area contributed by atoms with Gasteiger partial charge in [0.05, 0.1) is 19.5 Å². The minimum atomic E-state index is -4.59. The maximum atomic E-state index is 12.0. The molecule has 0 aromatic rings. The Bertz CT molecular complexity index is 148. The summed E-state index contributed by atoms with van der Waals surface area (Å²) in [5, 5.41) is 0. The van der Waals surface area contributed by atoms with Crippen molar-refractivity contribution in [1.29, 1.82) is 0 Å². The summed E-state index contributed by atoms with van der Waals surface area (Å²) in [6.45, 7) is -1.16. The Hall–Kier alpha value is -0.185. The van der Waals surface area contributed by atoms with Gasteiger partial charge in [-0.15, -0.1) is 0 Å². The summed E-state index contributed by atoms with van der Waals surface area (Å²) in [6, 6.07) is 0. The van der Waals surface area contributed by atoms with Gasteiger partial charge < -0.3 is 17.8 Å². The Labute approximate surface area is 71.0 Å². The van der Waals surface area contributed by atoms with Crippen molar-refractivity contribution < 1.29 is 17.8 Å². The van der Waals surface area contributed by atoms with Gasteiger partial charge in [-0.25, -0.2) is 0 Å². The number of halogens is 3. The first-order chi connectivity index (χ1) is 5.47. The molecule has 1 N–H and O–H groups in total. The molecule has 0 aromatic carbocycles. The molecule has 0 aliphatic carbocycles. The second kappa shape index (κ2) is 3.68. The second-order valence-corrected chi connectivity index (χ2v) is 3.87. The van der Waals surface area contributed by atoms with Crippen LogP contribution in [-0.2, 0) is 0 Å². The van der Waals surface area contributed by atoms with Gasteiger partial charge in [-0.05, 0) is 12.8 Å². The topological polar surface area (TPSA) is 4.44 Å². The van der Waals surface area contributed by atoms with Gasteiger partial charge >= 0.3 is 6.98 Å². The van der Waals surface area contributed by atoms with Crippen LogP contribution in [0.5, 0.6) is 0 Å². The van der Waals surface area contributed by atoms with Crippen LogP contribution in [0.1, 0.15) is 19.8 Å². The van der Waals surface area contributed by atoms with E-state index in [9.17, 15) is 12.9 Å². The van der Waals surface area contributed by atoms with E-state index < -0.39 is 13.4 Å². The average Bonchev–Trinajstić information content (AvgIpc) is 1.82. The molecule has 1 fully saturated rings. The van der Waals surface area contributed by atoms with Gasteiger partial charge in [0.15, 0.2) is 0 Å². The molecule has 0 spiro atoms. The molecule has 0 saturated carbocycles. The zero-order chi connectivity index (χ0) is 9.19. The van der Waals surface area contributed by atoms with Gasteiger partial charge in [-0.2, -0.15) is 0 Å². The Morgan fingerprint density at radius 1 is 1.42 bits per heavy atom. The van der Waals surface area contributed by atoms with Crippen molar-refractivity contribution in [2.24, 2.45) is 5.92 Å². The highest BCUT2D eigenvalue weighted by molar-refractivity contribution is 6.58. The molecule has 0 radical (unpaired) electrons. The van der Waals surface area contributed by atoms with Crippen molar-refractivity contribution in [3.05, 3.63) is 0 Å². The Morgan fingerprint density at radius 2 is 2.08 bits per heavy atom. The first-order valence-corrected chi connectivity index (χ1v) is 4.52. The van der Waals surface area contributed by atoms with E-state index in [1.54, 1.807) is 0 Å². The Morgan fingerprint density at radius 3 is 2.58 bits per heavy atom. The molecule has 2 atom stereocenters. The molecule has 12 heavy (non-hydrogen) atoms. The molecule has 1 unspecified atom stereocenters. The minimum Gasteiger partial charge on any atom is -0.445 e. The normalized spacial score (nSPS) is 32.0. The summed E-state index contributed by atoms with van der Waals surface area (Å²) in [7, 11) is 0. The van der Waals surface area contributed by atoms with E-state index in [0.717, 1.165) is 17.7 Å². The molecule has 1 nitrogen and oxygen atoms in total. The fourth-order valence-electron chi connectivity index (χ4n) is 1.91. The van der Waals surface area contributed by atoms with Crippen molar-refractivity contribution in [3.63, 3.8) is 0 Å². The minimum absolute atomic E-state index is 0.465. The first kappa shape index (κ1) is 9.90. The van der Waals surface area contributed by atoms with E-state index in [0.29, 0.717) is 19.0 Å². The monoisotopic (exact) mass is 181 g/mol. The van der Waals surface area contributed by atoms with E-state index in [4.69, 9.17) is 0 Å². The van der Waals surface area contributed by atoms with Crippen molar-refractivity contribution in [1.82, 2.24) is 0 Å². The third-order valence-corrected chi connectivity index (χ3v) is 2.38. The van der Waals surface area contributed by atoms with Crippen molar-refractivity contribution in [2.75, 3.05) is 19.5 Å². The predicted octanol–water partition coefficient (Wildman–Crippen LogP) is 0.688. The van der Waals surface area contributed by atoms with Crippen LogP contribution in [0.3, 0.4) is 0 Å². The van der Waals surface area contributed by atoms with E-state index in [1.165, 1.54) is 0 Å². The van der Waals surface area contributed by atoms with Crippen molar-refractivity contribution >= 4 is 6.98 Å². The van der Waals surface area contributed by atoms with Gasteiger partial charge in [0, 0.05) is 5.92 Å². The predicted molar refractivity (Wildman–Crippen MR) is 43.0 cm³/mol. The second-order valence-electron chi connectivity index (χ2n) is 3.87. The van der Waals surface area contributed by atoms with Gasteiger partial charge in [0.2, 0.25) is 0 Å². The van der Waals surface area contributed by atoms with E-state index in [-0.39, 0.29) is 0 Å². The molecular weight excluding hydrogens is 166 g/mol. The summed E-state index contributed by atoms with van der Waals surface area (Å²) in [4.78, 5) is 0.723. The van der Waals surface area contributed by atoms with E-state index >= 15 is 0 Å². The van der Waals surface area contributed by atoms with Crippen molar-refractivity contribution in [2.45, 2.75) is 19.8 Å². The molecule has 1 aliphatic rings. The summed E-state index contributed by atoms with van der Waals surface area (Å²) in [5.74, 6) is 0.465. The molecule has 72 valence electrons. The molecule has 1 saturated heterocycles. The zero-order valence-corrected chi connectivity index (χ0v) is 7.32. The standard InChI is InChI=1S/C7H14BF3N/c1-7-3-2-4-12(5-7)6-8(9,10)11/h7H,2-6H2,1H3/q-1/p+1/t7-/m0/s1. The number of hydrogen-bond donors (Lipinski definition) is 1. The number of piperidine rings is 1. The number of nitrogens with one attached hydrogen (secondary N) is 1. The van der Waals surface area contributed by atoms with Crippen molar-refractivity contribution in [3.8, 4) is 0 Å². The molecular formula is C7H15BF3N. The quantitative estimate of drug-likeness (QED) is 0.597. The summed E-state index contributed by atoms with van der Waals surface area (Å²) < 4.78 is 36.0. The first-order valence-electron chi connectivity index (χ1n) is 4.52. The zero-order valence-electron chi connectivity index (χ0n) is 7.32. The lowest BCUT2D eigenvalue weighted by molar-refractivity contribution is -0.900. The van der Waals surface area contributed by atoms with Crippen LogP contribution in [0, 0.1) is 5.92 Å². The number of hydrogen-bond acceptors (Lipinski definition) is 0. The summed E-state index contributed by atoms with van der Waals surface area (Å²) >= 11 is 0. The van der Waals surface area contributed by atoms with Crippen LogP contribution >= 0.6 is 0 Å². The average molecular weight is 181 g/mol. The summed E-state index contributed by atoms with van der Waals surface area (Å²) in [5.41, 5.74) is 0. The van der Waals surface area contributed by atoms with Crippen LogP contribution in [0.4, 0.5) is 12.9 Å². The third kappa shape index (κ3) is 3.47. The lowest BCUT2D eigenvalue weighted by atomic mass is 9.88. The lowest BCUT2D eigenvalue weighted by Gasteiger charge is -2.31. The lowest BCUT2D eigenvalue weighted by Crippen LogP contribution is -3.15. The van der Waals surface area contributed by atoms with E-state index in [1.807, 2.05) is 6.92 Å². The van der Waals surface area contributed by atoms with Crippen LogP contribution in [-0.4, -0.2) is 26.5 Å². The molecule has 0 amide bonds. The highest BCUT2D eigenvalue weighted by atomic mass is 19.4. The number of rotatable bonds is 2. The highest BCUT2D eigenvalue weighted by Gasteiger charge is 2.31. The van der Waals surface area contributed by atoms with Gasteiger partial charge in [-0.1, -0.05) is 6.92 Å². The fraction of sp³-hybridized carbons (Fsp3) is 1.00. The maximum absolute atomic E-state index is 12.0. The smallest absolute Gasteiger partial charge is 0.445 e. The molecule has 0 bridgehead atoms. The molecule has 1 heterocycles. The Kier molecular flexibility index (Phi) is 3.04.